The summed E-state index contributed by atoms with van der Waals surface area (Å²) in [5.41, 5.74) is 0.711. The Kier molecular flexibility index (Phi) is 4.34. The molecule has 6 heteroatoms. The predicted molar refractivity (Wildman–Crippen MR) is 71.2 cm³/mol. The number of hydrogen-bond acceptors (Lipinski definition) is 4. The number of benzene rings is 1. The first-order chi connectivity index (χ1) is 8.56. The number of aliphatic hydroxyl groups is 2. The molecule has 1 aliphatic heterocycles. The number of nitrogens with one attached hydrogen (secondary N) is 1. The summed E-state index contributed by atoms with van der Waals surface area (Å²) < 4.78 is 0.819. The third-order valence-corrected chi connectivity index (χ3v) is 3.54. The summed E-state index contributed by atoms with van der Waals surface area (Å²) in [5, 5.41) is 21.5. The molecule has 0 spiro atoms. The summed E-state index contributed by atoms with van der Waals surface area (Å²) in [6, 6.07) is 7.35. The van der Waals surface area contributed by atoms with E-state index in [4.69, 9.17) is 0 Å². The average molecular weight is 315 g/mol. The second kappa shape index (κ2) is 5.79. The fourth-order valence-corrected chi connectivity index (χ4v) is 2.32. The quantitative estimate of drug-likeness (QED) is 0.756. The first-order valence-corrected chi connectivity index (χ1v) is 6.48. The zero-order valence-electron chi connectivity index (χ0n) is 9.71. The van der Waals surface area contributed by atoms with Crippen molar-refractivity contribution in [2.24, 2.45) is 0 Å². The molecule has 0 unspecified atom stereocenters. The molecular formula is C12H15BrN2O3. The van der Waals surface area contributed by atoms with Gasteiger partial charge in [0.25, 0.3) is 0 Å². The Morgan fingerprint density at radius 3 is 2.56 bits per heavy atom. The van der Waals surface area contributed by atoms with Gasteiger partial charge in [-0.05, 0) is 28.1 Å². The van der Waals surface area contributed by atoms with Crippen LogP contribution in [0.4, 0.5) is 5.69 Å². The fourth-order valence-electron chi connectivity index (χ4n) is 1.93. The van der Waals surface area contributed by atoms with Crippen LogP contribution in [-0.4, -0.2) is 52.9 Å². The van der Waals surface area contributed by atoms with Crippen LogP contribution in [-0.2, 0) is 4.79 Å². The number of halogens is 1. The minimum Gasteiger partial charge on any atom is -0.389 e. The van der Waals surface area contributed by atoms with Crippen molar-refractivity contribution in [3.05, 3.63) is 28.7 Å². The highest BCUT2D eigenvalue weighted by atomic mass is 79.9. The normalized spacial score (nSPS) is 24.2. The SMILES string of the molecule is O=C(CN1C[C@@H](O)[C@@H](O)C1)Nc1ccccc1Br. The molecule has 1 aromatic carbocycles. The molecule has 0 bridgehead atoms. The molecule has 1 aliphatic rings. The Bertz CT molecular complexity index is 431. The largest absolute Gasteiger partial charge is 0.389 e. The van der Waals surface area contributed by atoms with Gasteiger partial charge in [0.2, 0.25) is 5.91 Å². The summed E-state index contributed by atoms with van der Waals surface area (Å²) >= 11 is 3.35. The number of para-hydroxylation sites is 1. The van der Waals surface area contributed by atoms with Crippen LogP contribution >= 0.6 is 15.9 Å². The van der Waals surface area contributed by atoms with Crippen molar-refractivity contribution < 1.29 is 15.0 Å². The molecule has 0 aliphatic carbocycles. The molecule has 2 atom stereocenters. The van der Waals surface area contributed by atoms with E-state index in [-0.39, 0.29) is 12.5 Å². The van der Waals surface area contributed by atoms with Crippen molar-refractivity contribution >= 4 is 27.5 Å². The Morgan fingerprint density at radius 1 is 1.33 bits per heavy atom. The van der Waals surface area contributed by atoms with Crippen LogP contribution in [0.15, 0.2) is 28.7 Å². The second-order valence-corrected chi connectivity index (χ2v) is 5.21. The number of amides is 1. The molecule has 0 radical (unpaired) electrons. The monoisotopic (exact) mass is 314 g/mol. The van der Waals surface area contributed by atoms with Gasteiger partial charge < -0.3 is 15.5 Å². The van der Waals surface area contributed by atoms with Crippen molar-refractivity contribution in [3.8, 4) is 0 Å². The Labute approximate surface area is 114 Å². The molecule has 1 fully saturated rings. The van der Waals surface area contributed by atoms with E-state index in [1.807, 2.05) is 18.2 Å². The highest BCUT2D eigenvalue weighted by molar-refractivity contribution is 9.10. The molecule has 3 N–H and O–H groups in total. The molecule has 18 heavy (non-hydrogen) atoms. The van der Waals surface area contributed by atoms with Gasteiger partial charge in [-0.1, -0.05) is 12.1 Å². The summed E-state index contributed by atoms with van der Waals surface area (Å²) in [6.07, 6.45) is -1.53. The lowest BCUT2D eigenvalue weighted by molar-refractivity contribution is -0.117. The van der Waals surface area contributed by atoms with E-state index in [2.05, 4.69) is 21.2 Å². The van der Waals surface area contributed by atoms with Gasteiger partial charge in [-0.2, -0.15) is 0 Å². The molecule has 2 rings (SSSR count). The molecule has 5 nitrogen and oxygen atoms in total. The van der Waals surface area contributed by atoms with Crippen molar-refractivity contribution in [1.82, 2.24) is 4.90 Å². The minimum atomic E-state index is -0.763. The van der Waals surface area contributed by atoms with Gasteiger partial charge >= 0.3 is 0 Å². The highest BCUT2D eigenvalue weighted by Gasteiger charge is 2.30. The number of nitrogens with zero attached hydrogens (tertiary/aromatic N) is 1. The zero-order valence-corrected chi connectivity index (χ0v) is 11.3. The van der Waals surface area contributed by atoms with Crippen LogP contribution in [0.3, 0.4) is 0 Å². The van der Waals surface area contributed by atoms with E-state index in [0.29, 0.717) is 18.8 Å². The van der Waals surface area contributed by atoms with Crippen LogP contribution < -0.4 is 5.32 Å². The van der Waals surface area contributed by atoms with Crippen molar-refractivity contribution in [1.29, 1.82) is 0 Å². The van der Waals surface area contributed by atoms with Crippen LogP contribution in [0.25, 0.3) is 0 Å². The van der Waals surface area contributed by atoms with Gasteiger partial charge in [0, 0.05) is 17.6 Å². The van der Waals surface area contributed by atoms with Crippen LogP contribution in [0.1, 0.15) is 0 Å². The van der Waals surface area contributed by atoms with Gasteiger partial charge in [0.15, 0.2) is 0 Å². The Balaban J connectivity index is 1.88. The molecule has 98 valence electrons. The van der Waals surface area contributed by atoms with Crippen LogP contribution in [0.2, 0.25) is 0 Å². The minimum absolute atomic E-state index is 0.162. The Hall–Kier alpha value is -0.950. The molecule has 0 aromatic heterocycles. The first kappa shape index (κ1) is 13.5. The summed E-state index contributed by atoms with van der Waals surface area (Å²) in [5.74, 6) is -0.164. The lowest BCUT2D eigenvalue weighted by Crippen LogP contribution is -2.32. The maximum atomic E-state index is 11.8. The van der Waals surface area contributed by atoms with Gasteiger partial charge in [-0.15, -0.1) is 0 Å². The van der Waals surface area contributed by atoms with E-state index < -0.39 is 12.2 Å². The number of likely N-dealkylation sites (tertiary alicyclic amines) is 1. The lowest BCUT2D eigenvalue weighted by Gasteiger charge is -2.14. The van der Waals surface area contributed by atoms with Crippen LogP contribution in [0.5, 0.6) is 0 Å². The number of carbonyl (C=O) groups is 1. The maximum Gasteiger partial charge on any atom is 0.238 e. The number of aliphatic hydroxyl groups excluding tert-OH is 2. The topological polar surface area (TPSA) is 72.8 Å². The fraction of sp³-hybridized carbons (Fsp3) is 0.417. The molecular weight excluding hydrogens is 300 g/mol. The number of anilines is 1. The summed E-state index contributed by atoms with van der Waals surface area (Å²) in [4.78, 5) is 13.5. The Morgan fingerprint density at radius 2 is 1.94 bits per heavy atom. The summed E-state index contributed by atoms with van der Waals surface area (Å²) in [7, 11) is 0. The predicted octanol–water partition coefficient (Wildman–Crippen LogP) is 0.425. The van der Waals surface area contributed by atoms with Gasteiger partial charge in [0.1, 0.15) is 0 Å². The molecule has 1 amide bonds. The smallest absolute Gasteiger partial charge is 0.238 e. The number of rotatable bonds is 3. The second-order valence-electron chi connectivity index (χ2n) is 4.36. The van der Waals surface area contributed by atoms with Gasteiger partial charge in [0.05, 0.1) is 24.4 Å². The van der Waals surface area contributed by atoms with E-state index in [1.54, 1.807) is 11.0 Å². The van der Waals surface area contributed by atoms with Crippen molar-refractivity contribution in [2.75, 3.05) is 25.0 Å². The van der Waals surface area contributed by atoms with Crippen LogP contribution in [0, 0.1) is 0 Å². The van der Waals surface area contributed by atoms with Crippen molar-refractivity contribution in [3.63, 3.8) is 0 Å². The highest BCUT2D eigenvalue weighted by Crippen LogP contribution is 2.21. The number of β-amino-alcohol motifs (C(OH)–C–C–N with tert-alkyl or cyclic N) is 2. The third-order valence-electron chi connectivity index (χ3n) is 2.85. The standard InChI is InChI=1S/C12H15BrN2O3/c13-8-3-1-2-4-9(8)14-12(18)7-15-5-10(16)11(17)6-15/h1-4,10-11,16-17H,5-7H2,(H,14,18)/t10-,11+. The number of hydrogen-bond donors (Lipinski definition) is 3. The van der Waals surface area contributed by atoms with Crippen molar-refractivity contribution in [2.45, 2.75) is 12.2 Å². The number of carbonyl (C=O) groups excluding carboxylic acids is 1. The lowest BCUT2D eigenvalue weighted by atomic mass is 10.3. The van der Waals surface area contributed by atoms with Gasteiger partial charge in [-0.25, -0.2) is 0 Å². The van der Waals surface area contributed by atoms with E-state index in [9.17, 15) is 15.0 Å². The average Bonchev–Trinajstić information content (AvgIpc) is 2.61. The first-order valence-electron chi connectivity index (χ1n) is 5.69. The molecule has 1 aromatic rings. The van der Waals surface area contributed by atoms with E-state index in [1.165, 1.54) is 0 Å². The molecule has 0 saturated carbocycles. The van der Waals surface area contributed by atoms with Gasteiger partial charge in [-0.3, -0.25) is 9.69 Å². The third kappa shape index (κ3) is 3.29. The molecule has 1 heterocycles. The maximum absolute atomic E-state index is 11.8. The van der Waals surface area contributed by atoms with E-state index in [0.717, 1.165) is 4.47 Å². The molecule has 1 saturated heterocycles. The zero-order chi connectivity index (χ0) is 13.1. The van der Waals surface area contributed by atoms with E-state index >= 15 is 0 Å². The summed E-state index contributed by atoms with van der Waals surface area (Å²) in [6.45, 7) is 0.810.